The molecule has 0 radical (unpaired) electrons. The zero-order chi connectivity index (χ0) is 26.5. The number of hydrogen-bond acceptors (Lipinski definition) is 7. The molecule has 2 N–H and O–H groups in total. The largest absolute Gasteiger partial charge is 0.495 e. The van der Waals surface area contributed by atoms with Crippen LogP contribution in [-0.2, 0) is 22.4 Å². The smallest absolute Gasteiger partial charge is 0.341 e. The third-order valence-corrected chi connectivity index (χ3v) is 7.52. The van der Waals surface area contributed by atoms with Crippen LogP contribution in [0.4, 0.5) is 10.7 Å². The molecule has 37 heavy (non-hydrogen) atoms. The molecule has 1 aliphatic carbocycles. The summed E-state index contributed by atoms with van der Waals surface area (Å²) in [5, 5.41) is 6.46. The summed E-state index contributed by atoms with van der Waals surface area (Å²) in [5.41, 5.74) is 2.35. The molecule has 1 aliphatic rings. The lowest BCUT2D eigenvalue weighted by Gasteiger charge is -2.18. The van der Waals surface area contributed by atoms with E-state index in [0.29, 0.717) is 44.3 Å². The lowest BCUT2D eigenvalue weighted by atomic mass is 9.88. The summed E-state index contributed by atoms with van der Waals surface area (Å²) in [6, 6.07) is 11.4. The Balaban J connectivity index is 1.35. The van der Waals surface area contributed by atoms with Crippen LogP contribution in [0.15, 0.2) is 42.5 Å². The van der Waals surface area contributed by atoms with Crippen LogP contribution in [0.3, 0.4) is 0 Å². The van der Waals surface area contributed by atoms with Gasteiger partial charge in [-0.2, -0.15) is 0 Å². The molecule has 0 aliphatic heterocycles. The molecule has 1 heterocycles. The normalized spacial score (nSPS) is 14.3. The van der Waals surface area contributed by atoms with Crippen LogP contribution in [0.2, 0.25) is 5.02 Å². The first-order valence-electron chi connectivity index (χ1n) is 11.7. The van der Waals surface area contributed by atoms with E-state index < -0.39 is 11.9 Å². The number of benzene rings is 2. The first-order valence-corrected chi connectivity index (χ1v) is 12.9. The Labute approximate surface area is 223 Å². The Kier molecular flexibility index (Phi) is 8.35. The Bertz CT molecular complexity index is 1320. The van der Waals surface area contributed by atoms with Gasteiger partial charge in [0.1, 0.15) is 16.5 Å². The minimum atomic E-state index is -0.450. The van der Waals surface area contributed by atoms with Gasteiger partial charge in [0.05, 0.1) is 24.8 Å². The van der Waals surface area contributed by atoms with Crippen LogP contribution in [0.5, 0.6) is 11.5 Å². The molecule has 0 fully saturated rings. The van der Waals surface area contributed by atoms with E-state index in [-0.39, 0.29) is 12.5 Å². The van der Waals surface area contributed by atoms with E-state index in [4.69, 9.17) is 25.8 Å². The Hall–Kier alpha value is -3.56. The summed E-state index contributed by atoms with van der Waals surface area (Å²) in [7, 11) is 2.85. The van der Waals surface area contributed by atoms with Gasteiger partial charge in [-0.05, 0) is 73.2 Å². The molecule has 1 aromatic heterocycles. The van der Waals surface area contributed by atoms with Crippen LogP contribution in [0.1, 0.15) is 44.5 Å². The number of carbonyl (C=O) groups excluding carboxylic acids is 3. The van der Waals surface area contributed by atoms with Gasteiger partial charge in [-0.1, -0.05) is 18.5 Å². The van der Waals surface area contributed by atoms with E-state index in [1.165, 1.54) is 25.6 Å². The fraction of sp³-hybridized carbons (Fsp3) is 0.296. The van der Waals surface area contributed by atoms with Gasteiger partial charge in [0, 0.05) is 16.1 Å². The van der Waals surface area contributed by atoms with Crippen LogP contribution in [0, 0.1) is 5.92 Å². The standard InChI is InChI=1S/C27H27ClN2O6S/c1-15-4-10-19-22(12-15)37-26(24(19)27(33)35-3)30-23(31)14-36-18-8-5-16(6-9-18)25(32)29-17-7-11-21(34-2)20(28)13-17/h5-9,11,13,15H,4,10,12,14H2,1-3H3,(H,29,32)(H,30,31). The molecule has 1 unspecified atom stereocenters. The van der Waals surface area contributed by atoms with E-state index in [9.17, 15) is 14.4 Å². The molecule has 194 valence electrons. The summed E-state index contributed by atoms with van der Waals surface area (Å²) < 4.78 is 15.7. The van der Waals surface area contributed by atoms with Gasteiger partial charge in [-0.3, -0.25) is 9.59 Å². The predicted molar refractivity (Wildman–Crippen MR) is 143 cm³/mol. The van der Waals surface area contributed by atoms with Crippen molar-refractivity contribution in [3.05, 3.63) is 69.1 Å². The lowest BCUT2D eigenvalue weighted by molar-refractivity contribution is -0.118. The van der Waals surface area contributed by atoms with Crippen molar-refractivity contribution in [1.82, 2.24) is 0 Å². The highest BCUT2D eigenvalue weighted by atomic mass is 35.5. The zero-order valence-corrected chi connectivity index (χ0v) is 22.3. The molecule has 2 amide bonds. The Morgan fingerprint density at radius 2 is 1.84 bits per heavy atom. The molecule has 0 spiro atoms. The van der Waals surface area contributed by atoms with Crippen molar-refractivity contribution in [1.29, 1.82) is 0 Å². The van der Waals surface area contributed by atoms with Gasteiger partial charge in [-0.15, -0.1) is 11.3 Å². The summed E-state index contributed by atoms with van der Waals surface area (Å²) in [6.07, 6.45) is 2.66. The van der Waals surface area contributed by atoms with Crippen molar-refractivity contribution in [3.63, 3.8) is 0 Å². The van der Waals surface area contributed by atoms with E-state index in [0.717, 1.165) is 29.7 Å². The van der Waals surface area contributed by atoms with Crippen molar-refractivity contribution in [2.45, 2.75) is 26.2 Å². The maximum absolute atomic E-state index is 12.6. The fourth-order valence-corrected chi connectivity index (χ4v) is 5.79. The molecule has 0 saturated carbocycles. The Morgan fingerprint density at radius 3 is 2.51 bits per heavy atom. The van der Waals surface area contributed by atoms with Crippen molar-refractivity contribution >= 4 is 51.4 Å². The van der Waals surface area contributed by atoms with E-state index >= 15 is 0 Å². The van der Waals surface area contributed by atoms with Gasteiger partial charge >= 0.3 is 5.97 Å². The quantitative estimate of drug-likeness (QED) is 0.360. The molecular formula is C27H27ClN2O6S. The first-order chi connectivity index (χ1) is 17.8. The van der Waals surface area contributed by atoms with Crippen LogP contribution in [0.25, 0.3) is 0 Å². The number of halogens is 1. The number of esters is 1. The number of nitrogens with one attached hydrogen (secondary N) is 2. The minimum absolute atomic E-state index is 0.254. The van der Waals surface area contributed by atoms with E-state index in [1.54, 1.807) is 42.5 Å². The number of rotatable bonds is 8. The highest BCUT2D eigenvalue weighted by Crippen LogP contribution is 2.40. The number of hydrogen-bond donors (Lipinski definition) is 2. The van der Waals surface area contributed by atoms with E-state index in [2.05, 4.69) is 17.6 Å². The molecule has 4 rings (SSSR count). The molecule has 0 saturated heterocycles. The molecule has 10 heteroatoms. The minimum Gasteiger partial charge on any atom is -0.495 e. The second-order valence-corrected chi connectivity index (χ2v) is 10.2. The van der Waals surface area contributed by atoms with Crippen molar-refractivity contribution < 1.29 is 28.6 Å². The topological polar surface area (TPSA) is 103 Å². The van der Waals surface area contributed by atoms with Crippen LogP contribution < -0.4 is 20.1 Å². The average Bonchev–Trinajstić information content (AvgIpc) is 3.24. The SMILES string of the molecule is COC(=O)c1c(NC(=O)COc2ccc(C(=O)Nc3ccc(OC)c(Cl)c3)cc2)sc2c1CCC(C)C2. The number of carbonyl (C=O) groups is 3. The summed E-state index contributed by atoms with van der Waals surface area (Å²) >= 11 is 7.53. The van der Waals surface area contributed by atoms with Gasteiger partial charge < -0.3 is 24.8 Å². The van der Waals surface area contributed by atoms with Crippen molar-refractivity contribution in [2.24, 2.45) is 5.92 Å². The maximum atomic E-state index is 12.6. The number of anilines is 2. The molecule has 2 aromatic carbocycles. The Morgan fingerprint density at radius 1 is 1.08 bits per heavy atom. The number of fused-ring (bicyclic) bond motifs is 1. The maximum Gasteiger partial charge on any atom is 0.341 e. The van der Waals surface area contributed by atoms with Crippen LogP contribution in [-0.4, -0.2) is 38.6 Å². The predicted octanol–water partition coefficient (Wildman–Crippen LogP) is 5.59. The summed E-state index contributed by atoms with van der Waals surface area (Å²) in [5.74, 6) is 0.301. The second kappa shape index (κ2) is 11.7. The third kappa shape index (κ3) is 6.23. The van der Waals surface area contributed by atoms with Crippen molar-refractivity contribution in [2.75, 3.05) is 31.5 Å². The molecule has 0 bridgehead atoms. The van der Waals surface area contributed by atoms with Gasteiger partial charge in [-0.25, -0.2) is 4.79 Å². The second-order valence-electron chi connectivity index (χ2n) is 8.71. The first kappa shape index (κ1) is 26.5. The van der Waals surface area contributed by atoms with Gasteiger partial charge in [0.25, 0.3) is 11.8 Å². The molecule has 1 atom stereocenters. The monoisotopic (exact) mass is 542 g/mol. The lowest BCUT2D eigenvalue weighted by Crippen LogP contribution is -2.21. The van der Waals surface area contributed by atoms with Gasteiger partial charge in [0.2, 0.25) is 0 Å². The number of amides is 2. The number of thiophene rings is 1. The molecule has 3 aromatic rings. The fourth-order valence-electron chi connectivity index (χ4n) is 4.12. The third-order valence-electron chi connectivity index (χ3n) is 6.05. The zero-order valence-electron chi connectivity index (χ0n) is 20.7. The molecular weight excluding hydrogens is 516 g/mol. The van der Waals surface area contributed by atoms with Gasteiger partial charge in [0.15, 0.2) is 6.61 Å². The summed E-state index contributed by atoms with van der Waals surface area (Å²) in [4.78, 5) is 38.7. The van der Waals surface area contributed by atoms with Crippen LogP contribution >= 0.6 is 22.9 Å². The number of ether oxygens (including phenoxy) is 3. The highest BCUT2D eigenvalue weighted by Gasteiger charge is 2.29. The highest BCUT2D eigenvalue weighted by molar-refractivity contribution is 7.17. The summed E-state index contributed by atoms with van der Waals surface area (Å²) in [6.45, 7) is 1.92. The van der Waals surface area contributed by atoms with E-state index in [1.807, 2.05) is 0 Å². The molecule has 8 nitrogen and oxygen atoms in total. The number of methoxy groups -OCH3 is 2. The van der Waals surface area contributed by atoms with Crippen molar-refractivity contribution in [3.8, 4) is 11.5 Å². The average molecular weight is 543 g/mol.